The van der Waals surface area contributed by atoms with Gasteiger partial charge in [-0.05, 0) is 45.1 Å². The fourth-order valence-corrected chi connectivity index (χ4v) is 3.16. The maximum atomic E-state index is 6.21. The quantitative estimate of drug-likeness (QED) is 0.940. The lowest BCUT2D eigenvalue weighted by molar-refractivity contribution is 0.414. The first kappa shape index (κ1) is 11.6. The van der Waals surface area contributed by atoms with Crippen LogP contribution in [0.5, 0.6) is 5.75 Å². The number of nitrogens with two attached hydrogens (primary N) is 1. The second-order valence-electron chi connectivity index (χ2n) is 3.39. The van der Waals surface area contributed by atoms with Gasteiger partial charge in [-0.25, -0.2) is 0 Å². The second-order valence-corrected chi connectivity index (χ2v) is 5.19. The summed E-state index contributed by atoms with van der Waals surface area (Å²) >= 11 is 5.15. The van der Waals surface area contributed by atoms with Crippen LogP contribution in [-0.2, 0) is 0 Å². The summed E-state index contributed by atoms with van der Waals surface area (Å²) in [6, 6.07) is 9.76. The van der Waals surface area contributed by atoms with Crippen LogP contribution in [0.25, 0.3) is 0 Å². The Labute approximate surface area is 107 Å². The number of ether oxygens (including phenoxy) is 1. The Hall–Kier alpha value is -0.840. The average Bonchev–Trinajstić information content (AvgIpc) is 2.74. The molecule has 1 unspecified atom stereocenters. The molecule has 0 aliphatic carbocycles. The summed E-state index contributed by atoms with van der Waals surface area (Å²) in [5.74, 6) is 0.834. The zero-order valence-electron chi connectivity index (χ0n) is 8.81. The van der Waals surface area contributed by atoms with Crippen LogP contribution < -0.4 is 10.5 Å². The monoisotopic (exact) mass is 297 g/mol. The van der Waals surface area contributed by atoms with Gasteiger partial charge in [0.1, 0.15) is 5.75 Å². The molecule has 4 heteroatoms. The van der Waals surface area contributed by atoms with Crippen molar-refractivity contribution in [3.63, 3.8) is 0 Å². The van der Waals surface area contributed by atoms with E-state index in [1.165, 1.54) is 0 Å². The van der Waals surface area contributed by atoms with Crippen molar-refractivity contribution >= 4 is 27.3 Å². The number of hydrogen-bond donors (Lipinski definition) is 1. The van der Waals surface area contributed by atoms with Gasteiger partial charge < -0.3 is 10.5 Å². The molecule has 1 aromatic carbocycles. The Balaban J connectivity index is 2.33. The number of rotatable bonds is 3. The number of benzene rings is 1. The Bertz CT molecular complexity index is 483. The van der Waals surface area contributed by atoms with E-state index in [0.717, 1.165) is 20.7 Å². The van der Waals surface area contributed by atoms with Gasteiger partial charge in [-0.15, -0.1) is 11.3 Å². The van der Waals surface area contributed by atoms with E-state index in [0.29, 0.717) is 0 Å². The van der Waals surface area contributed by atoms with Crippen molar-refractivity contribution in [3.05, 3.63) is 50.6 Å². The first-order valence-corrected chi connectivity index (χ1v) is 6.52. The predicted molar refractivity (Wildman–Crippen MR) is 71.0 cm³/mol. The summed E-state index contributed by atoms with van der Waals surface area (Å²) < 4.78 is 6.25. The summed E-state index contributed by atoms with van der Waals surface area (Å²) in [7, 11) is 1.66. The molecule has 84 valence electrons. The number of hydrogen-bond acceptors (Lipinski definition) is 3. The van der Waals surface area contributed by atoms with Crippen molar-refractivity contribution in [2.45, 2.75) is 6.04 Å². The molecule has 1 atom stereocenters. The van der Waals surface area contributed by atoms with Crippen LogP contribution in [0, 0.1) is 0 Å². The van der Waals surface area contributed by atoms with Gasteiger partial charge in [0.25, 0.3) is 0 Å². The lowest BCUT2D eigenvalue weighted by atomic mass is 10.1. The van der Waals surface area contributed by atoms with Crippen LogP contribution >= 0.6 is 27.3 Å². The molecule has 16 heavy (non-hydrogen) atoms. The first-order chi connectivity index (χ1) is 7.72. The van der Waals surface area contributed by atoms with Crippen LogP contribution in [0.4, 0.5) is 0 Å². The van der Waals surface area contributed by atoms with Gasteiger partial charge in [-0.3, -0.25) is 0 Å². The minimum Gasteiger partial charge on any atom is -0.497 e. The van der Waals surface area contributed by atoms with E-state index >= 15 is 0 Å². The van der Waals surface area contributed by atoms with E-state index < -0.39 is 0 Å². The highest BCUT2D eigenvalue weighted by atomic mass is 79.9. The summed E-state index contributed by atoms with van der Waals surface area (Å²) in [6.07, 6.45) is 0. The predicted octanol–water partition coefficient (Wildman–Crippen LogP) is 3.57. The molecule has 0 radical (unpaired) electrons. The molecule has 0 saturated carbocycles. The normalized spacial score (nSPS) is 12.4. The van der Waals surface area contributed by atoms with E-state index in [-0.39, 0.29) is 6.04 Å². The third-order valence-corrected chi connectivity index (χ3v) is 4.33. The van der Waals surface area contributed by atoms with E-state index in [4.69, 9.17) is 10.5 Å². The first-order valence-electron chi connectivity index (χ1n) is 4.85. The molecular weight excluding hydrogens is 286 g/mol. The van der Waals surface area contributed by atoms with E-state index in [2.05, 4.69) is 15.9 Å². The van der Waals surface area contributed by atoms with Crippen LogP contribution in [0.1, 0.15) is 16.5 Å². The van der Waals surface area contributed by atoms with Gasteiger partial charge in [0.05, 0.1) is 13.2 Å². The SMILES string of the molecule is COc1cccc(C(N)c2sccc2Br)c1. The van der Waals surface area contributed by atoms with Gasteiger partial charge in [-0.2, -0.15) is 0 Å². The maximum Gasteiger partial charge on any atom is 0.119 e. The molecule has 1 heterocycles. The second kappa shape index (κ2) is 4.99. The van der Waals surface area contributed by atoms with Crippen molar-refractivity contribution < 1.29 is 4.74 Å². The molecule has 2 nitrogen and oxygen atoms in total. The molecule has 1 aromatic heterocycles. The lowest BCUT2D eigenvalue weighted by Crippen LogP contribution is -2.10. The molecule has 0 fully saturated rings. The third kappa shape index (κ3) is 2.29. The van der Waals surface area contributed by atoms with Crippen molar-refractivity contribution in [2.75, 3.05) is 7.11 Å². The summed E-state index contributed by atoms with van der Waals surface area (Å²) in [5.41, 5.74) is 7.27. The molecule has 2 N–H and O–H groups in total. The van der Waals surface area contributed by atoms with Crippen molar-refractivity contribution in [1.29, 1.82) is 0 Å². The van der Waals surface area contributed by atoms with Gasteiger partial charge in [0, 0.05) is 9.35 Å². The Morgan fingerprint density at radius 1 is 1.38 bits per heavy atom. The van der Waals surface area contributed by atoms with Crippen molar-refractivity contribution in [1.82, 2.24) is 0 Å². The minimum atomic E-state index is -0.107. The van der Waals surface area contributed by atoms with Crippen LogP contribution in [0.3, 0.4) is 0 Å². The molecule has 0 aliphatic rings. The van der Waals surface area contributed by atoms with Crippen LogP contribution in [-0.4, -0.2) is 7.11 Å². The van der Waals surface area contributed by atoms with Gasteiger partial charge in [-0.1, -0.05) is 12.1 Å². The zero-order valence-corrected chi connectivity index (χ0v) is 11.2. The molecule has 2 aromatic rings. The maximum absolute atomic E-state index is 6.21. The Morgan fingerprint density at radius 3 is 2.81 bits per heavy atom. The molecule has 0 bridgehead atoms. The van der Waals surface area contributed by atoms with Gasteiger partial charge in [0.2, 0.25) is 0 Å². The third-order valence-electron chi connectivity index (χ3n) is 2.38. The standard InChI is InChI=1S/C12H12BrNOS/c1-15-9-4-2-3-8(7-9)11(14)12-10(13)5-6-16-12/h2-7,11H,14H2,1H3. The van der Waals surface area contributed by atoms with Crippen LogP contribution in [0.15, 0.2) is 40.2 Å². The fourth-order valence-electron chi connectivity index (χ4n) is 1.51. The zero-order chi connectivity index (χ0) is 11.5. The number of methoxy groups -OCH3 is 1. The Kier molecular flexibility index (Phi) is 3.63. The van der Waals surface area contributed by atoms with Crippen LogP contribution in [0.2, 0.25) is 0 Å². The smallest absolute Gasteiger partial charge is 0.119 e. The highest BCUT2D eigenvalue weighted by molar-refractivity contribution is 9.10. The fraction of sp³-hybridized carbons (Fsp3) is 0.167. The molecule has 2 rings (SSSR count). The number of halogens is 1. The topological polar surface area (TPSA) is 35.2 Å². The van der Waals surface area contributed by atoms with Gasteiger partial charge in [0.15, 0.2) is 0 Å². The summed E-state index contributed by atoms with van der Waals surface area (Å²) in [4.78, 5) is 1.13. The summed E-state index contributed by atoms with van der Waals surface area (Å²) in [5, 5.41) is 2.03. The van der Waals surface area contributed by atoms with Crippen molar-refractivity contribution in [2.24, 2.45) is 5.73 Å². The van der Waals surface area contributed by atoms with E-state index in [9.17, 15) is 0 Å². The Morgan fingerprint density at radius 2 is 2.19 bits per heavy atom. The molecule has 0 aliphatic heterocycles. The van der Waals surface area contributed by atoms with Crippen molar-refractivity contribution in [3.8, 4) is 5.75 Å². The van der Waals surface area contributed by atoms with Gasteiger partial charge >= 0.3 is 0 Å². The highest BCUT2D eigenvalue weighted by Crippen LogP contribution is 2.32. The molecule has 0 saturated heterocycles. The average molecular weight is 298 g/mol. The minimum absolute atomic E-state index is 0.107. The van der Waals surface area contributed by atoms with E-state index in [1.807, 2.05) is 35.7 Å². The highest BCUT2D eigenvalue weighted by Gasteiger charge is 2.13. The molecule has 0 spiro atoms. The summed E-state index contributed by atoms with van der Waals surface area (Å²) in [6.45, 7) is 0. The van der Waals surface area contributed by atoms with E-state index in [1.54, 1.807) is 18.4 Å². The number of thiophene rings is 1. The molecule has 0 amide bonds. The largest absolute Gasteiger partial charge is 0.497 e. The molecular formula is C12H12BrNOS. The lowest BCUT2D eigenvalue weighted by Gasteiger charge is -2.12.